The average molecular weight is 402 g/mol. The van der Waals surface area contributed by atoms with E-state index in [1.54, 1.807) is 25.2 Å². The van der Waals surface area contributed by atoms with Crippen molar-refractivity contribution in [2.24, 2.45) is 7.05 Å². The number of rotatable bonds is 4. The molecule has 1 fully saturated rings. The first-order chi connectivity index (χ1) is 13.4. The Morgan fingerprint density at radius 1 is 1.14 bits per heavy atom. The molecule has 148 valence electrons. The van der Waals surface area contributed by atoms with Gasteiger partial charge in [-0.05, 0) is 36.6 Å². The summed E-state index contributed by atoms with van der Waals surface area (Å²) in [5.74, 6) is -0.596. The van der Waals surface area contributed by atoms with Crippen molar-refractivity contribution in [3.63, 3.8) is 0 Å². The SMILES string of the molecule is Cn1cc(S(=O)(=O)N2CCCCC2)cc1C(=O)Nc1ccc2c(c1)C(=O)NC2. The second kappa shape index (κ2) is 7.06. The number of nitrogens with one attached hydrogen (secondary N) is 2. The van der Waals surface area contributed by atoms with Crippen LogP contribution in [-0.4, -0.2) is 42.2 Å². The van der Waals surface area contributed by atoms with E-state index in [-0.39, 0.29) is 16.5 Å². The van der Waals surface area contributed by atoms with Gasteiger partial charge in [0, 0.05) is 44.1 Å². The van der Waals surface area contributed by atoms with E-state index in [0.29, 0.717) is 30.9 Å². The minimum absolute atomic E-state index is 0.121. The van der Waals surface area contributed by atoms with Crippen LogP contribution in [0.25, 0.3) is 0 Å². The molecule has 1 saturated heterocycles. The van der Waals surface area contributed by atoms with Crippen LogP contribution in [0.5, 0.6) is 0 Å². The first kappa shape index (κ1) is 18.7. The number of hydrogen-bond donors (Lipinski definition) is 2. The van der Waals surface area contributed by atoms with E-state index in [9.17, 15) is 18.0 Å². The fraction of sp³-hybridized carbons (Fsp3) is 0.368. The van der Waals surface area contributed by atoms with Crippen LogP contribution >= 0.6 is 0 Å². The molecular formula is C19H22N4O4S. The molecule has 1 aromatic heterocycles. The Hall–Kier alpha value is -2.65. The molecular weight excluding hydrogens is 380 g/mol. The Bertz CT molecular complexity index is 1050. The number of carbonyl (C=O) groups excluding carboxylic acids is 2. The summed E-state index contributed by atoms with van der Waals surface area (Å²) in [5.41, 5.74) is 2.15. The normalized spacial score (nSPS) is 17.2. The molecule has 0 spiro atoms. The van der Waals surface area contributed by atoms with Crippen LogP contribution < -0.4 is 10.6 Å². The third-order valence-electron chi connectivity index (χ3n) is 5.22. The van der Waals surface area contributed by atoms with E-state index in [1.807, 2.05) is 0 Å². The number of aromatic nitrogens is 1. The first-order valence-corrected chi connectivity index (χ1v) is 10.7. The van der Waals surface area contributed by atoms with Crippen LogP contribution in [0.15, 0.2) is 35.4 Å². The summed E-state index contributed by atoms with van der Waals surface area (Å²) in [7, 11) is -1.97. The van der Waals surface area contributed by atoms with Gasteiger partial charge in [-0.1, -0.05) is 12.5 Å². The minimum atomic E-state index is -3.61. The van der Waals surface area contributed by atoms with Crippen molar-refractivity contribution in [1.29, 1.82) is 0 Å². The van der Waals surface area contributed by atoms with Gasteiger partial charge in [-0.2, -0.15) is 4.31 Å². The number of anilines is 1. The van der Waals surface area contributed by atoms with Crippen molar-refractivity contribution in [3.8, 4) is 0 Å². The second-order valence-corrected chi connectivity index (χ2v) is 9.08. The molecule has 0 saturated carbocycles. The number of sulfonamides is 1. The molecule has 8 nitrogen and oxygen atoms in total. The fourth-order valence-corrected chi connectivity index (χ4v) is 5.23. The summed E-state index contributed by atoms with van der Waals surface area (Å²) in [6.07, 6.45) is 4.21. The molecule has 9 heteroatoms. The molecule has 1 aromatic carbocycles. The Morgan fingerprint density at radius 2 is 1.89 bits per heavy atom. The summed E-state index contributed by atoms with van der Waals surface area (Å²) in [6, 6.07) is 6.55. The number of benzene rings is 1. The smallest absolute Gasteiger partial charge is 0.272 e. The van der Waals surface area contributed by atoms with Crippen LogP contribution in [0, 0.1) is 0 Å². The van der Waals surface area contributed by atoms with Crippen LogP contribution in [-0.2, 0) is 23.6 Å². The van der Waals surface area contributed by atoms with E-state index in [1.165, 1.54) is 21.1 Å². The zero-order valence-electron chi connectivity index (χ0n) is 15.6. The Kier molecular flexibility index (Phi) is 4.72. The predicted octanol–water partition coefficient (Wildman–Crippen LogP) is 1.70. The Labute approximate surface area is 163 Å². The number of hydrogen-bond acceptors (Lipinski definition) is 4. The quantitative estimate of drug-likeness (QED) is 0.813. The number of nitrogens with zero attached hydrogens (tertiary/aromatic N) is 2. The number of carbonyl (C=O) groups is 2. The molecule has 2 aliphatic rings. The van der Waals surface area contributed by atoms with Gasteiger partial charge in [-0.25, -0.2) is 8.42 Å². The summed E-state index contributed by atoms with van der Waals surface area (Å²) >= 11 is 0. The Balaban J connectivity index is 1.56. The lowest BCUT2D eigenvalue weighted by Gasteiger charge is -2.25. The van der Waals surface area contributed by atoms with Gasteiger partial charge in [0.2, 0.25) is 10.0 Å². The predicted molar refractivity (Wildman–Crippen MR) is 104 cm³/mol. The summed E-state index contributed by atoms with van der Waals surface area (Å²) < 4.78 is 28.7. The maximum absolute atomic E-state index is 12.8. The number of aryl methyl sites for hydroxylation is 1. The van der Waals surface area contributed by atoms with Gasteiger partial charge >= 0.3 is 0 Å². The lowest BCUT2D eigenvalue weighted by Crippen LogP contribution is -2.35. The third-order valence-corrected chi connectivity index (χ3v) is 7.08. The number of fused-ring (bicyclic) bond motifs is 1. The van der Waals surface area contributed by atoms with E-state index in [0.717, 1.165) is 24.8 Å². The first-order valence-electron chi connectivity index (χ1n) is 9.25. The molecule has 2 N–H and O–H groups in total. The van der Waals surface area contributed by atoms with E-state index in [4.69, 9.17) is 0 Å². The lowest BCUT2D eigenvalue weighted by atomic mass is 10.1. The topological polar surface area (TPSA) is 101 Å². The molecule has 0 radical (unpaired) electrons. The molecule has 2 amide bonds. The van der Waals surface area contributed by atoms with Gasteiger partial charge in [0.15, 0.2) is 0 Å². The monoisotopic (exact) mass is 402 g/mol. The van der Waals surface area contributed by atoms with Crippen molar-refractivity contribution in [2.45, 2.75) is 30.7 Å². The maximum atomic E-state index is 12.8. The molecule has 3 heterocycles. The minimum Gasteiger partial charge on any atom is -0.348 e. The summed E-state index contributed by atoms with van der Waals surface area (Å²) in [6.45, 7) is 1.50. The van der Waals surface area contributed by atoms with Gasteiger partial charge < -0.3 is 15.2 Å². The third kappa shape index (κ3) is 3.31. The van der Waals surface area contributed by atoms with Crippen LogP contribution in [0.1, 0.15) is 45.7 Å². The van der Waals surface area contributed by atoms with Crippen LogP contribution in [0.3, 0.4) is 0 Å². The zero-order valence-corrected chi connectivity index (χ0v) is 16.4. The standard InChI is InChI=1S/C19H22N4O4S/c1-22-12-15(28(26,27)23-7-3-2-4-8-23)10-17(22)19(25)21-14-6-5-13-11-20-18(24)16(13)9-14/h5-6,9-10,12H,2-4,7-8,11H2,1H3,(H,20,24)(H,21,25). The van der Waals surface area contributed by atoms with Crippen LogP contribution in [0.2, 0.25) is 0 Å². The van der Waals surface area contributed by atoms with Crippen molar-refractivity contribution >= 4 is 27.5 Å². The summed E-state index contributed by atoms with van der Waals surface area (Å²) in [4.78, 5) is 24.6. The van der Waals surface area contributed by atoms with Gasteiger partial charge in [-0.3, -0.25) is 9.59 Å². The highest BCUT2D eigenvalue weighted by atomic mass is 32.2. The molecule has 0 aliphatic carbocycles. The molecule has 0 bridgehead atoms. The van der Waals surface area contributed by atoms with E-state index >= 15 is 0 Å². The highest BCUT2D eigenvalue weighted by molar-refractivity contribution is 7.89. The number of piperidine rings is 1. The summed E-state index contributed by atoms with van der Waals surface area (Å²) in [5, 5.41) is 5.48. The molecule has 0 unspecified atom stereocenters. The molecule has 4 rings (SSSR count). The van der Waals surface area contributed by atoms with Gasteiger partial charge in [0.05, 0.1) is 0 Å². The van der Waals surface area contributed by atoms with Crippen molar-refractivity contribution < 1.29 is 18.0 Å². The van der Waals surface area contributed by atoms with Gasteiger partial charge in [0.1, 0.15) is 10.6 Å². The molecule has 0 atom stereocenters. The van der Waals surface area contributed by atoms with E-state index < -0.39 is 15.9 Å². The van der Waals surface area contributed by atoms with Gasteiger partial charge in [-0.15, -0.1) is 0 Å². The molecule has 2 aromatic rings. The maximum Gasteiger partial charge on any atom is 0.272 e. The zero-order chi connectivity index (χ0) is 19.9. The second-order valence-electron chi connectivity index (χ2n) is 7.15. The highest BCUT2D eigenvalue weighted by Gasteiger charge is 2.28. The van der Waals surface area contributed by atoms with E-state index in [2.05, 4.69) is 10.6 Å². The van der Waals surface area contributed by atoms with Crippen molar-refractivity contribution in [1.82, 2.24) is 14.2 Å². The molecule has 28 heavy (non-hydrogen) atoms. The van der Waals surface area contributed by atoms with Crippen molar-refractivity contribution in [3.05, 3.63) is 47.3 Å². The fourth-order valence-electron chi connectivity index (χ4n) is 3.64. The Morgan fingerprint density at radius 3 is 2.64 bits per heavy atom. The largest absolute Gasteiger partial charge is 0.348 e. The number of amides is 2. The highest BCUT2D eigenvalue weighted by Crippen LogP contribution is 2.24. The van der Waals surface area contributed by atoms with Crippen LogP contribution in [0.4, 0.5) is 5.69 Å². The lowest BCUT2D eigenvalue weighted by molar-refractivity contribution is 0.0964. The molecule has 2 aliphatic heterocycles. The van der Waals surface area contributed by atoms with Gasteiger partial charge in [0.25, 0.3) is 11.8 Å². The van der Waals surface area contributed by atoms with Crippen molar-refractivity contribution in [2.75, 3.05) is 18.4 Å². The average Bonchev–Trinajstić information content (AvgIpc) is 3.26.